The number of hydrogen-bond acceptors (Lipinski definition) is 1. The van der Waals surface area contributed by atoms with Crippen molar-refractivity contribution in [3.8, 4) is 5.75 Å². The Hall–Kier alpha value is -0.400. The number of rotatable bonds is 1. The highest BCUT2D eigenvalue weighted by Gasteiger charge is 1.97. The molecule has 0 atom stereocenters. The fraction of sp³-hybridized carbons (Fsp3) is 0.143. The van der Waals surface area contributed by atoms with Crippen LogP contribution in [0, 0.1) is 0 Å². The van der Waals surface area contributed by atoms with Gasteiger partial charge in [-0.25, -0.2) is 0 Å². The molecule has 0 aliphatic rings. The summed E-state index contributed by atoms with van der Waals surface area (Å²) in [6.07, 6.45) is 0. The average molecular weight is 177 g/mol. The van der Waals surface area contributed by atoms with Crippen LogP contribution >= 0.6 is 23.2 Å². The third-order valence-corrected chi connectivity index (χ3v) is 1.82. The van der Waals surface area contributed by atoms with Crippen molar-refractivity contribution >= 4 is 23.2 Å². The molecule has 3 heteroatoms. The molecule has 0 aliphatic carbocycles. The molecule has 0 saturated heterocycles. The van der Waals surface area contributed by atoms with Crippen LogP contribution in [0.25, 0.3) is 0 Å². The van der Waals surface area contributed by atoms with E-state index in [1.807, 2.05) is 0 Å². The van der Waals surface area contributed by atoms with Crippen molar-refractivity contribution in [3.05, 3.63) is 28.8 Å². The molecular formula is C7H6Cl2O. The fourth-order valence-corrected chi connectivity index (χ4v) is 1.19. The van der Waals surface area contributed by atoms with Crippen molar-refractivity contribution in [1.82, 2.24) is 0 Å². The Morgan fingerprint density at radius 2 is 2.10 bits per heavy atom. The van der Waals surface area contributed by atoms with Crippen LogP contribution < -0.4 is 0 Å². The first-order chi connectivity index (χ1) is 4.74. The van der Waals surface area contributed by atoms with Crippen molar-refractivity contribution in [2.75, 3.05) is 0 Å². The predicted octanol–water partition coefficient (Wildman–Crippen LogP) is 2.78. The van der Waals surface area contributed by atoms with Crippen LogP contribution in [0.3, 0.4) is 0 Å². The second kappa shape index (κ2) is 3.13. The predicted molar refractivity (Wildman–Crippen MR) is 42.7 cm³/mol. The topological polar surface area (TPSA) is 20.2 Å². The zero-order chi connectivity index (χ0) is 7.56. The summed E-state index contributed by atoms with van der Waals surface area (Å²) in [5.74, 6) is 0.540. The van der Waals surface area contributed by atoms with Gasteiger partial charge in [0.25, 0.3) is 0 Å². The van der Waals surface area contributed by atoms with E-state index in [0.29, 0.717) is 10.9 Å². The van der Waals surface area contributed by atoms with E-state index in [1.54, 1.807) is 12.1 Å². The number of phenols is 1. The van der Waals surface area contributed by atoms with Gasteiger partial charge in [-0.3, -0.25) is 0 Å². The third-order valence-electron chi connectivity index (χ3n) is 1.18. The fourth-order valence-electron chi connectivity index (χ4n) is 0.645. The Morgan fingerprint density at radius 1 is 1.40 bits per heavy atom. The summed E-state index contributed by atoms with van der Waals surface area (Å²) in [7, 11) is 0. The molecule has 10 heavy (non-hydrogen) atoms. The molecule has 0 spiro atoms. The van der Waals surface area contributed by atoms with Crippen molar-refractivity contribution < 1.29 is 5.11 Å². The lowest BCUT2D eigenvalue weighted by atomic mass is 10.2. The first-order valence-electron chi connectivity index (χ1n) is 2.77. The van der Waals surface area contributed by atoms with Gasteiger partial charge in [-0.1, -0.05) is 17.7 Å². The van der Waals surface area contributed by atoms with Gasteiger partial charge in [-0.15, -0.1) is 11.6 Å². The molecule has 0 bridgehead atoms. The SMILES string of the molecule is Oc1ccc(CCl)c(Cl)c1. The monoisotopic (exact) mass is 176 g/mol. The van der Waals surface area contributed by atoms with E-state index in [4.69, 9.17) is 28.3 Å². The zero-order valence-electron chi connectivity index (χ0n) is 5.14. The van der Waals surface area contributed by atoms with Crippen LogP contribution in [-0.4, -0.2) is 5.11 Å². The van der Waals surface area contributed by atoms with Crippen LogP contribution in [0.1, 0.15) is 5.56 Å². The van der Waals surface area contributed by atoms with Gasteiger partial charge in [0.15, 0.2) is 0 Å². The highest BCUT2D eigenvalue weighted by Crippen LogP contribution is 2.22. The Morgan fingerprint density at radius 3 is 2.60 bits per heavy atom. The molecule has 0 amide bonds. The maximum atomic E-state index is 8.91. The van der Waals surface area contributed by atoms with Gasteiger partial charge in [0.05, 0.1) is 0 Å². The summed E-state index contributed by atoms with van der Waals surface area (Å²) in [5, 5.41) is 9.41. The molecule has 1 rings (SSSR count). The Bertz CT molecular complexity index is 235. The molecule has 0 saturated carbocycles. The lowest BCUT2D eigenvalue weighted by molar-refractivity contribution is 0.475. The van der Waals surface area contributed by atoms with E-state index in [1.165, 1.54) is 6.07 Å². The summed E-state index contributed by atoms with van der Waals surface area (Å²) in [6.45, 7) is 0. The van der Waals surface area contributed by atoms with Gasteiger partial charge in [0.1, 0.15) is 5.75 Å². The van der Waals surface area contributed by atoms with Crippen molar-refractivity contribution in [1.29, 1.82) is 0 Å². The normalized spacial score (nSPS) is 9.80. The second-order valence-electron chi connectivity index (χ2n) is 1.91. The quantitative estimate of drug-likeness (QED) is 0.654. The Kier molecular flexibility index (Phi) is 2.41. The van der Waals surface area contributed by atoms with Crippen LogP contribution in [0.2, 0.25) is 5.02 Å². The van der Waals surface area contributed by atoms with Crippen LogP contribution in [0.5, 0.6) is 5.75 Å². The first-order valence-corrected chi connectivity index (χ1v) is 3.68. The number of aromatic hydroxyl groups is 1. The minimum atomic E-state index is 0.166. The van der Waals surface area contributed by atoms with E-state index in [2.05, 4.69) is 0 Å². The van der Waals surface area contributed by atoms with E-state index in [0.717, 1.165) is 5.56 Å². The summed E-state index contributed by atoms with van der Waals surface area (Å²) < 4.78 is 0. The van der Waals surface area contributed by atoms with Gasteiger partial charge < -0.3 is 5.11 Å². The molecule has 0 aromatic heterocycles. The molecular weight excluding hydrogens is 171 g/mol. The van der Waals surface area contributed by atoms with E-state index >= 15 is 0 Å². The lowest BCUT2D eigenvalue weighted by Crippen LogP contribution is -1.77. The van der Waals surface area contributed by atoms with Crippen LogP contribution in [0.15, 0.2) is 18.2 Å². The minimum absolute atomic E-state index is 0.166. The lowest BCUT2D eigenvalue weighted by Gasteiger charge is -1.98. The third kappa shape index (κ3) is 1.55. The molecule has 0 fully saturated rings. The number of benzene rings is 1. The molecule has 54 valence electrons. The molecule has 1 aromatic rings. The maximum Gasteiger partial charge on any atom is 0.117 e. The maximum absolute atomic E-state index is 8.91. The number of phenolic OH excluding ortho intramolecular Hbond substituents is 1. The standard InChI is InChI=1S/C7H6Cl2O/c8-4-5-1-2-6(10)3-7(5)9/h1-3,10H,4H2. The first kappa shape index (κ1) is 7.70. The zero-order valence-corrected chi connectivity index (χ0v) is 6.65. The second-order valence-corrected chi connectivity index (χ2v) is 2.58. The van der Waals surface area contributed by atoms with Crippen LogP contribution in [-0.2, 0) is 5.88 Å². The highest BCUT2D eigenvalue weighted by molar-refractivity contribution is 6.32. The largest absolute Gasteiger partial charge is 0.508 e. The molecule has 0 heterocycles. The summed E-state index contributed by atoms with van der Waals surface area (Å²) >= 11 is 11.2. The highest BCUT2D eigenvalue weighted by atomic mass is 35.5. The van der Waals surface area contributed by atoms with Gasteiger partial charge in [-0.05, 0) is 17.7 Å². The average Bonchev–Trinajstić information content (AvgIpc) is 1.88. The molecule has 1 N–H and O–H groups in total. The van der Waals surface area contributed by atoms with Gasteiger partial charge in [0, 0.05) is 10.9 Å². The molecule has 0 aliphatic heterocycles. The van der Waals surface area contributed by atoms with Crippen LogP contribution in [0.4, 0.5) is 0 Å². The van der Waals surface area contributed by atoms with Gasteiger partial charge >= 0.3 is 0 Å². The molecule has 0 radical (unpaired) electrons. The van der Waals surface area contributed by atoms with Gasteiger partial charge in [0.2, 0.25) is 0 Å². The van der Waals surface area contributed by atoms with Crippen molar-refractivity contribution in [2.24, 2.45) is 0 Å². The van der Waals surface area contributed by atoms with Gasteiger partial charge in [-0.2, -0.15) is 0 Å². The Balaban J connectivity index is 3.07. The minimum Gasteiger partial charge on any atom is -0.508 e. The smallest absolute Gasteiger partial charge is 0.117 e. The molecule has 1 aromatic carbocycles. The molecule has 0 unspecified atom stereocenters. The number of hydrogen-bond donors (Lipinski definition) is 1. The van der Waals surface area contributed by atoms with E-state index in [-0.39, 0.29) is 5.75 Å². The van der Waals surface area contributed by atoms with E-state index < -0.39 is 0 Å². The summed E-state index contributed by atoms with van der Waals surface area (Å²) in [6, 6.07) is 4.73. The van der Waals surface area contributed by atoms with Crippen molar-refractivity contribution in [3.63, 3.8) is 0 Å². The molecule has 1 nitrogen and oxygen atoms in total. The van der Waals surface area contributed by atoms with Crippen molar-refractivity contribution in [2.45, 2.75) is 5.88 Å². The van der Waals surface area contributed by atoms with E-state index in [9.17, 15) is 0 Å². The summed E-state index contributed by atoms with van der Waals surface area (Å²) in [4.78, 5) is 0. The summed E-state index contributed by atoms with van der Waals surface area (Å²) in [5.41, 5.74) is 0.834. The number of alkyl halides is 1. The number of halogens is 2. The Labute approximate surface area is 69.2 Å².